The molecule has 0 aromatic heterocycles. The summed E-state index contributed by atoms with van der Waals surface area (Å²) >= 11 is 0. The molecule has 1 fully saturated rings. The summed E-state index contributed by atoms with van der Waals surface area (Å²) in [5.41, 5.74) is 0. The lowest BCUT2D eigenvalue weighted by atomic mass is 10.1. The van der Waals surface area contributed by atoms with Gasteiger partial charge in [0.05, 0.1) is 0 Å². The second kappa shape index (κ2) is 7.48. The van der Waals surface area contributed by atoms with Gasteiger partial charge in [0.1, 0.15) is 0 Å². The third-order valence-corrected chi connectivity index (χ3v) is 3.47. The maximum atomic E-state index is 12.1. The molecule has 0 aromatic rings. The molecule has 0 saturated carbocycles. The molecule has 1 N–H and O–H groups in total. The number of piperazine rings is 1. The fraction of sp³-hybridized carbons (Fsp3) is 0.857. The van der Waals surface area contributed by atoms with Gasteiger partial charge in [-0.3, -0.25) is 9.59 Å². The van der Waals surface area contributed by atoms with Crippen molar-refractivity contribution in [3.05, 3.63) is 0 Å². The zero-order chi connectivity index (χ0) is 14.4. The molecule has 1 atom stereocenters. The standard InChI is InChI=1S/C14H27N3O2/c1-5-15-12(4)10-13(18)16-6-8-17(9-7-16)14(19)11(2)3/h11-12,15H,5-10H2,1-4H3. The molecule has 0 aliphatic carbocycles. The smallest absolute Gasteiger partial charge is 0.225 e. The monoisotopic (exact) mass is 269 g/mol. The summed E-state index contributed by atoms with van der Waals surface area (Å²) in [6.45, 7) is 11.4. The van der Waals surface area contributed by atoms with Gasteiger partial charge in [0.15, 0.2) is 0 Å². The van der Waals surface area contributed by atoms with Crippen LogP contribution in [-0.2, 0) is 9.59 Å². The molecule has 1 unspecified atom stereocenters. The van der Waals surface area contributed by atoms with Crippen LogP contribution in [0.5, 0.6) is 0 Å². The van der Waals surface area contributed by atoms with E-state index in [0.717, 1.165) is 6.54 Å². The topological polar surface area (TPSA) is 52.7 Å². The molecular weight excluding hydrogens is 242 g/mol. The van der Waals surface area contributed by atoms with Crippen molar-refractivity contribution in [2.75, 3.05) is 32.7 Å². The minimum Gasteiger partial charge on any atom is -0.339 e. The Morgan fingerprint density at radius 1 is 1.05 bits per heavy atom. The second-order valence-corrected chi connectivity index (χ2v) is 5.52. The van der Waals surface area contributed by atoms with Crippen LogP contribution < -0.4 is 5.32 Å². The first-order chi connectivity index (χ1) is 8.95. The van der Waals surface area contributed by atoms with E-state index in [1.165, 1.54) is 0 Å². The van der Waals surface area contributed by atoms with E-state index in [2.05, 4.69) is 5.32 Å². The molecule has 1 aliphatic rings. The Kier molecular flexibility index (Phi) is 6.28. The first-order valence-corrected chi connectivity index (χ1v) is 7.25. The number of nitrogens with zero attached hydrogens (tertiary/aromatic N) is 2. The van der Waals surface area contributed by atoms with Crippen molar-refractivity contribution in [2.24, 2.45) is 5.92 Å². The summed E-state index contributed by atoms with van der Waals surface area (Å²) < 4.78 is 0. The Balaban J connectivity index is 2.37. The Morgan fingerprint density at radius 3 is 2.05 bits per heavy atom. The minimum absolute atomic E-state index is 0.0380. The summed E-state index contributed by atoms with van der Waals surface area (Å²) in [6, 6.07) is 0.216. The molecule has 2 amide bonds. The summed E-state index contributed by atoms with van der Waals surface area (Å²) in [5, 5.41) is 3.25. The van der Waals surface area contributed by atoms with Gasteiger partial charge in [-0.15, -0.1) is 0 Å². The van der Waals surface area contributed by atoms with Crippen LogP contribution in [-0.4, -0.2) is 60.4 Å². The zero-order valence-electron chi connectivity index (χ0n) is 12.6. The van der Waals surface area contributed by atoms with E-state index >= 15 is 0 Å². The maximum absolute atomic E-state index is 12.1. The molecule has 1 heterocycles. The lowest BCUT2D eigenvalue weighted by Crippen LogP contribution is -2.52. The maximum Gasteiger partial charge on any atom is 0.225 e. The van der Waals surface area contributed by atoms with Gasteiger partial charge in [0, 0.05) is 44.6 Å². The quantitative estimate of drug-likeness (QED) is 0.799. The molecule has 0 aromatic carbocycles. The van der Waals surface area contributed by atoms with Crippen molar-refractivity contribution >= 4 is 11.8 Å². The normalized spacial score (nSPS) is 17.7. The van der Waals surface area contributed by atoms with Crippen LogP contribution in [0.3, 0.4) is 0 Å². The SMILES string of the molecule is CCNC(C)CC(=O)N1CCN(C(=O)C(C)C)CC1. The van der Waals surface area contributed by atoms with Gasteiger partial charge in [0.25, 0.3) is 0 Å². The molecule has 1 rings (SSSR count). The highest BCUT2D eigenvalue weighted by atomic mass is 16.2. The summed E-state index contributed by atoms with van der Waals surface area (Å²) in [7, 11) is 0. The largest absolute Gasteiger partial charge is 0.339 e. The van der Waals surface area contributed by atoms with Crippen LogP contribution in [0.25, 0.3) is 0 Å². The van der Waals surface area contributed by atoms with Crippen molar-refractivity contribution in [3.63, 3.8) is 0 Å². The molecule has 1 aliphatic heterocycles. The predicted octanol–water partition coefficient (Wildman–Crippen LogP) is 0.701. The van der Waals surface area contributed by atoms with E-state index in [0.29, 0.717) is 32.6 Å². The highest BCUT2D eigenvalue weighted by Crippen LogP contribution is 2.09. The minimum atomic E-state index is 0.0380. The van der Waals surface area contributed by atoms with E-state index in [9.17, 15) is 9.59 Å². The van der Waals surface area contributed by atoms with Crippen molar-refractivity contribution in [2.45, 2.75) is 40.2 Å². The van der Waals surface area contributed by atoms with Gasteiger partial charge in [-0.2, -0.15) is 0 Å². The van der Waals surface area contributed by atoms with Gasteiger partial charge in [0.2, 0.25) is 11.8 Å². The van der Waals surface area contributed by atoms with Crippen LogP contribution in [0.4, 0.5) is 0 Å². The van der Waals surface area contributed by atoms with Crippen LogP contribution >= 0.6 is 0 Å². The van der Waals surface area contributed by atoms with Gasteiger partial charge in [-0.25, -0.2) is 0 Å². The highest BCUT2D eigenvalue weighted by Gasteiger charge is 2.25. The summed E-state index contributed by atoms with van der Waals surface area (Å²) in [4.78, 5) is 27.7. The molecule has 0 spiro atoms. The predicted molar refractivity (Wildman–Crippen MR) is 75.8 cm³/mol. The Bertz CT molecular complexity index is 310. The zero-order valence-corrected chi connectivity index (χ0v) is 12.6. The molecule has 0 radical (unpaired) electrons. The number of hydrogen-bond donors (Lipinski definition) is 1. The molecular formula is C14H27N3O2. The molecule has 5 heteroatoms. The fourth-order valence-electron chi connectivity index (χ4n) is 2.35. The van der Waals surface area contributed by atoms with E-state index in [-0.39, 0.29) is 23.8 Å². The van der Waals surface area contributed by atoms with E-state index in [4.69, 9.17) is 0 Å². The highest BCUT2D eigenvalue weighted by molar-refractivity contribution is 5.79. The molecule has 5 nitrogen and oxygen atoms in total. The fourth-order valence-corrected chi connectivity index (χ4v) is 2.35. The van der Waals surface area contributed by atoms with Crippen LogP contribution in [0.15, 0.2) is 0 Å². The van der Waals surface area contributed by atoms with Gasteiger partial charge in [-0.05, 0) is 13.5 Å². The third kappa shape index (κ3) is 4.82. The summed E-state index contributed by atoms with van der Waals surface area (Å²) in [6.07, 6.45) is 0.534. The first kappa shape index (κ1) is 16.0. The second-order valence-electron chi connectivity index (χ2n) is 5.52. The Hall–Kier alpha value is -1.10. The lowest BCUT2D eigenvalue weighted by molar-refractivity contribution is -0.141. The van der Waals surface area contributed by atoms with E-state index in [1.807, 2.05) is 37.5 Å². The van der Waals surface area contributed by atoms with Crippen molar-refractivity contribution < 1.29 is 9.59 Å². The molecule has 0 bridgehead atoms. The average molecular weight is 269 g/mol. The molecule has 110 valence electrons. The number of carbonyl (C=O) groups is 2. The first-order valence-electron chi connectivity index (χ1n) is 7.25. The van der Waals surface area contributed by atoms with Crippen molar-refractivity contribution in [1.29, 1.82) is 0 Å². The van der Waals surface area contributed by atoms with Crippen LogP contribution in [0.2, 0.25) is 0 Å². The molecule has 1 saturated heterocycles. The average Bonchev–Trinajstić information content (AvgIpc) is 2.38. The Labute approximate surface area is 116 Å². The van der Waals surface area contributed by atoms with Gasteiger partial charge in [-0.1, -0.05) is 20.8 Å². The lowest BCUT2D eigenvalue weighted by Gasteiger charge is -2.36. The van der Waals surface area contributed by atoms with E-state index < -0.39 is 0 Å². The number of nitrogens with one attached hydrogen (secondary N) is 1. The number of rotatable bonds is 5. The third-order valence-electron chi connectivity index (χ3n) is 3.47. The van der Waals surface area contributed by atoms with Crippen molar-refractivity contribution in [3.8, 4) is 0 Å². The van der Waals surface area contributed by atoms with Gasteiger partial charge < -0.3 is 15.1 Å². The molecule has 19 heavy (non-hydrogen) atoms. The number of hydrogen-bond acceptors (Lipinski definition) is 3. The van der Waals surface area contributed by atoms with Gasteiger partial charge >= 0.3 is 0 Å². The number of carbonyl (C=O) groups excluding carboxylic acids is 2. The van der Waals surface area contributed by atoms with E-state index in [1.54, 1.807) is 0 Å². The Morgan fingerprint density at radius 2 is 1.58 bits per heavy atom. The summed E-state index contributed by atoms with van der Waals surface area (Å²) in [5.74, 6) is 0.411. The van der Waals surface area contributed by atoms with Crippen molar-refractivity contribution in [1.82, 2.24) is 15.1 Å². The number of amides is 2. The van der Waals surface area contributed by atoms with Crippen LogP contribution in [0, 0.1) is 5.92 Å². The van der Waals surface area contributed by atoms with Crippen LogP contribution in [0.1, 0.15) is 34.1 Å².